The molecular weight excluding hydrogens is 798 g/mol. The molecule has 1 aromatic carbocycles. The van der Waals surface area contributed by atoms with Crippen LogP contribution in [0.3, 0.4) is 0 Å². The maximum absolute atomic E-state index is 12.6. The molecule has 26 heteroatoms. The maximum Gasteiger partial charge on any atom is 1.00 e. The Morgan fingerprint density at radius 2 is 1.63 bits per heavy atom. The molecule has 3 aliphatic rings. The fourth-order valence-corrected chi connectivity index (χ4v) is 8.88. The number of primary amides is 1. The number of benzene rings is 1. The molecule has 3 aliphatic heterocycles. The van der Waals surface area contributed by atoms with Gasteiger partial charge in [0.1, 0.15) is 58.9 Å². The van der Waals surface area contributed by atoms with Crippen LogP contribution in [-0.2, 0) is 41.4 Å². The first-order valence-electron chi connectivity index (χ1n) is 15.5. The average Bonchev–Trinajstić information content (AvgIpc) is 3.89. The number of phosphoric ester groups is 2. The van der Waals surface area contributed by atoms with Crippen LogP contribution in [-0.4, -0.2) is 96.2 Å². The van der Waals surface area contributed by atoms with Crippen LogP contribution in [0.15, 0.2) is 42.0 Å². The van der Waals surface area contributed by atoms with Gasteiger partial charge in [-0.15, -0.1) is 11.3 Å². The van der Waals surface area contributed by atoms with E-state index in [9.17, 15) is 33.9 Å². The Morgan fingerprint density at radius 1 is 0.981 bits per heavy atom. The molecule has 6 heterocycles. The normalized spacial score (nSPS) is 29.5. The maximum atomic E-state index is 12.6. The molecule has 10 atom stereocenters. The predicted molar refractivity (Wildman–Crippen MR) is 171 cm³/mol. The Balaban J connectivity index is 0.00000280. The van der Waals surface area contributed by atoms with Crippen LogP contribution in [0.1, 0.15) is 41.7 Å². The van der Waals surface area contributed by atoms with E-state index in [0.29, 0.717) is 10.6 Å². The first kappa shape index (κ1) is 43.8. The quantitative estimate of drug-likeness (QED) is 0.0763. The Hall–Kier alpha value is -1.31. The minimum absolute atomic E-state index is 0. The Bertz CT molecular complexity index is 2080. The molecule has 6 N–H and O–H groups in total. The second-order valence-corrected chi connectivity index (χ2v) is 16.2. The number of hydrogen-bond donors (Lipinski definition) is 4. The van der Waals surface area contributed by atoms with Crippen molar-refractivity contribution >= 4 is 49.9 Å². The molecule has 54 heavy (non-hydrogen) atoms. The van der Waals surface area contributed by atoms with Crippen molar-refractivity contribution < 1.29 is 125 Å². The zero-order valence-corrected chi connectivity index (χ0v) is 35.7. The summed E-state index contributed by atoms with van der Waals surface area (Å²) in [6, 6.07) is 8.88. The number of fused-ring (bicyclic) bond motifs is 2. The van der Waals surface area contributed by atoms with Crippen molar-refractivity contribution in [3.63, 3.8) is 0 Å². The van der Waals surface area contributed by atoms with Crippen LogP contribution in [0.25, 0.3) is 22.6 Å². The van der Waals surface area contributed by atoms with E-state index < -0.39 is 89.5 Å². The van der Waals surface area contributed by atoms with Crippen molar-refractivity contribution in [1.82, 2.24) is 24.5 Å². The SMILES string of the molecule is CC1(C)O[C@@H]2[C@H](O1)[C@@H](COP(=O)([O-])OP(=O)([O-])OC[C@H]1O[C@@H](n3cnc4c(N)nc(-c5ccccc5)nc43)[C@H](O)[C@@H]1O)O[C@H]2c1nc(C(N)=O)cs1.[Na+].[Na+]. The van der Waals surface area contributed by atoms with Crippen molar-refractivity contribution in [2.75, 3.05) is 18.9 Å². The minimum atomic E-state index is -5.68. The zero-order chi connectivity index (χ0) is 37.2. The molecule has 1 amide bonds. The van der Waals surface area contributed by atoms with Crippen molar-refractivity contribution in [2.24, 2.45) is 5.73 Å². The number of thiazole rings is 1. The third-order valence-electron chi connectivity index (χ3n) is 8.25. The fourth-order valence-electron chi connectivity index (χ4n) is 5.98. The van der Waals surface area contributed by atoms with Gasteiger partial charge in [0, 0.05) is 10.9 Å². The largest absolute Gasteiger partial charge is 1.00 e. The molecule has 3 aromatic heterocycles. The summed E-state index contributed by atoms with van der Waals surface area (Å²) in [7, 11) is -11.3. The molecular formula is C28H31N7Na2O14P2S. The van der Waals surface area contributed by atoms with Gasteiger partial charge >= 0.3 is 59.1 Å². The van der Waals surface area contributed by atoms with E-state index in [1.807, 2.05) is 6.07 Å². The number of nitrogens with two attached hydrogens (primary N) is 2. The number of imidazole rings is 1. The second-order valence-electron chi connectivity index (χ2n) is 12.3. The van der Waals surface area contributed by atoms with Gasteiger partial charge in [0.15, 0.2) is 29.3 Å². The van der Waals surface area contributed by atoms with E-state index in [0.717, 1.165) is 11.3 Å². The zero-order valence-electron chi connectivity index (χ0n) is 29.1. The number of amides is 1. The van der Waals surface area contributed by atoms with Crippen LogP contribution in [0.5, 0.6) is 0 Å². The van der Waals surface area contributed by atoms with Gasteiger partial charge in [-0.1, -0.05) is 30.3 Å². The van der Waals surface area contributed by atoms with Gasteiger partial charge in [-0.2, -0.15) is 0 Å². The Labute approximate surface area is 354 Å². The molecule has 2 unspecified atom stereocenters. The second kappa shape index (κ2) is 16.9. The number of aromatic nitrogens is 5. The third kappa shape index (κ3) is 9.19. The summed E-state index contributed by atoms with van der Waals surface area (Å²) in [5.41, 5.74) is 12.4. The first-order valence-corrected chi connectivity index (χ1v) is 19.3. The molecule has 0 spiro atoms. The fraction of sp³-hybridized carbons (Fsp3) is 0.464. The van der Waals surface area contributed by atoms with Crippen molar-refractivity contribution in [2.45, 2.75) is 68.6 Å². The van der Waals surface area contributed by atoms with E-state index >= 15 is 0 Å². The molecule has 0 bridgehead atoms. The van der Waals surface area contributed by atoms with E-state index in [1.165, 1.54) is 16.3 Å². The van der Waals surface area contributed by atoms with Crippen molar-refractivity contribution in [1.29, 1.82) is 0 Å². The molecule has 0 radical (unpaired) electrons. The van der Waals surface area contributed by atoms with Gasteiger partial charge in [0.05, 0.1) is 19.5 Å². The van der Waals surface area contributed by atoms with Crippen LogP contribution < -0.4 is 80.4 Å². The van der Waals surface area contributed by atoms with Crippen LogP contribution >= 0.6 is 27.0 Å². The van der Waals surface area contributed by atoms with Crippen LogP contribution in [0.4, 0.5) is 5.82 Å². The van der Waals surface area contributed by atoms with Crippen LogP contribution in [0, 0.1) is 0 Å². The summed E-state index contributed by atoms with van der Waals surface area (Å²) in [5.74, 6) is -1.58. The molecule has 3 fully saturated rings. The number of nitrogens with zero attached hydrogens (tertiary/aromatic N) is 5. The van der Waals surface area contributed by atoms with Gasteiger partial charge in [-0.3, -0.25) is 18.5 Å². The van der Waals surface area contributed by atoms with Gasteiger partial charge < -0.3 is 59.5 Å². The van der Waals surface area contributed by atoms with Gasteiger partial charge in [0.25, 0.3) is 21.6 Å². The van der Waals surface area contributed by atoms with Crippen LogP contribution in [0.2, 0.25) is 0 Å². The molecule has 0 aliphatic carbocycles. The van der Waals surface area contributed by atoms with Gasteiger partial charge in [0.2, 0.25) is 0 Å². The number of nitrogen functional groups attached to an aromatic ring is 1. The topological polar surface area (TPSA) is 311 Å². The number of anilines is 1. The monoisotopic (exact) mass is 829 g/mol. The smallest absolute Gasteiger partial charge is 0.756 e. The van der Waals surface area contributed by atoms with E-state index in [2.05, 4.69) is 24.2 Å². The van der Waals surface area contributed by atoms with Gasteiger partial charge in [-0.05, 0) is 13.8 Å². The molecule has 21 nitrogen and oxygen atoms in total. The molecule has 3 saturated heterocycles. The third-order valence-corrected chi connectivity index (χ3v) is 11.7. The van der Waals surface area contributed by atoms with Gasteiger partial charge in [-0.25, -0.2) is 24.2 Å². The van der Waals surface area contributed by atoms with Crippen molar-refractivity contribution in [3.05, 3.63) is 52.7 Å². The Kier molecular flexibility index (Phi) is 13.7. The summed E-state index contributed by atoms with van der Waals surface area (Å²) in [4.78, 5) is 53.9. The first-order chi connectivity index (χ1) is 24.5. The molecule has 4 aromatic rings. The number of carbonyl (C=O) groups is 1. The molecule has 7 rings (SSSR count). The number of ether oxygens (including phenoxy) is 4. The Morgan fingerprint density at radius 3 is 2.28 bits per heavy atom. The number of phosphoric acid groups is 2. The summed E-state index contributed by atoms with van der Waals surface area (Å²) < 4.78 is 63.7. The predicted octanol–water partition coefficient (Wildman–Crippen LogP) is -6.10. The standard InChI is InChI=1S/C28H33N7O14P2S.2Na/c1-28(2)47-19-15(45-21(20(19)48-28)26-32-13(10-52-26)23(30)38)9-44-51(41,42)49-50(39,40)43-8-14-17(36)18(37)27(46-14)35-11-31-16-22(29)33-24(34-25(16)35)12-6-4-3-5-7-12;;/h3-7,10-11,14-15,17-21,27,36-37H,8-9H2,1-2H3,(H2,30,38)(H,39,40)(H,41,42)(H2,29,33,34);;/q;2*+1/p-2/t14-,15-,17-,18-,19-,20-,21-,27-;;/m1../s1. The summed E-state index contributed by atoms with van der Waals surface area (Å²) in [6.07, 6.45) is -8.61. The number of rotatable bonds is 12. The summed E-state index contributed by atoms with van der Waals surface area (Å²) >= 11 is 1.07. The number of carbonyl (C=O) groups excluding carboxylic acids is 1. The number of aliphatic hydroxyl groups excluding tert-OH is 2. The summed E-state index contributed by atoms with van der Waals surface area (Å²) in [6.45, 7) is 1.52. The summed E-state index contributed by atoms with van der Waals surface area (Å²) in [5, 5.41) is 23.2. The van der Waals surface area contributed by atoms with E-state index in [-0.39, 0.29) is 87.6 Å². The average molecular weight is 830 g/mol. The molecule has 280 valence electrons. The minimum Gasteiger partial charge on any atom is -0.756 e. The number of aliphatic hydroxyl groups is 2. The number of hydrogen-bond acceptors (Lipinski definition) is 20. The molecule has 0 saturated carbocycles. The van der Waals surface area contributed by atoms with E-state index in [4.69, 9.17) is 39.5 Å². The van der Waals surface area contributed by atoms with E-state index in [1.54, 1.807) is 38.1 Å². The van der Waals surface area contributed by atoms with Crippen molar-refractivity contribution in [3.8, 4) is 11.4 Å².